The van der Waals surface area contributed by atoms with Crippen molar-refractivity contribution < 1.29 is 14.2 Å². The summed E-state index contributed by atoms with van der Waals surface area (Å²) in [5.74, 6) is 0.372. The minimum atomic E-state index is -0.356. The Morgan fingerprint density at radius 3 is 2.74 bits per heavy atom. The SMILES string of the molecule is ClCC(Cl)COCC1COC(c2ccc(Cl)cc2)O1. The standard InChI is InChI=1S/C13H15Cl3O3/c14-5-11(16)6-17-7-12-8-18-13(19-12)9-1-3-10(15)4-2-9/h1-4,11-13H,5-8H2. The molecule has 0 bridgehead atoms. The third kappa shape index (κ3) is 4.78. The highest BCUT2D eigenvalue weighted by molar-refractivity contribution is 6.30. The van der Waals surface area contributed by atoms with E-state index in [0.717, 1.165) is 5.56 Å². The van der Waals surface area contributed by atoms with Crippen molar-refractivity contribution >= 4 is 34.8 Å². The maximum absolute atomic E-state index is 5.85. The molecule has 2 rings (SSSR count). The van der Waals surface area contributed by atoms with Crippen molar-refractivity contribution in [1.82, 2.24) is 0 Å². The molecule has 6 heteroatoms. The lowest BCUT2D eigenvalue weighted by atomic mass is 10.2. The van der Waals surface area contributed by atoms with Crippen molar-refractivity contribution in [3.05, 3.63) is 34.9 Å². The molecule has 106 valence electrons. The van der Waals surface area contributed by atoms with Gasteiger partial charge in [-0.2, -0.15) is 0 Å². The van der Waals surface area contributed by atoms with Gasteiger partial charge in [0.15, 0.2) is 6.29 Å². The number of ether oxygens (including phenoxy) is 3. The molecule has 0 aromatic heterocycles. The lowest BCUT2D eigenvalue weighted by Crippen LogP contribution is -2.21. The number of benzene rings is 1. The van der Waals surface area contributed by atoms with E-state index in [1.54, 1.807) is 0 Å². The largest absolute Gasteiger partial charge is 0.377 e. The van der Waals surface area contributed by atoms with E-state index in [2.05, 4.69) is 0 Å². The second-order valence-corrected chi connectivity index (χ2v) is 5.63. The molecule has 3 nitrogen and oxygen atoms in total. The molecular weight excluding hydrogens is 310 g/mol. The monoisotopic (exact) mass is 324 g/mol. The molecule has 0 amide bonds. The fourth-order valence-electron chi connectivity index (χ4n) is 1.70. The second-order valence-electron chi connectivity index (χ2n) is 4.26. The molecule has 19 heavy (non-hydrogen) atoms. The third-order valence-electron chi connectivity index (χ3n) is 2.66. The summed E-state index contributed by atoms with van der Waals surface area (Å²) in [7, 11) is 0. The fraction of sp³-hybridized carbons (Fsp3) is 0.538. The van der Waals surface area contributed by atoms with Crippen LogP contribution in [-0.2, 0) is 14.2 Å². The summed E-state index contributed by atoms with van der Waals surface area (Å²) in [6.07, 6.45) is -0.439. The Morgan fingerprint density at radius 2 is 2.05 bits per heavy atom. The average Bonchev–Trinajstić information content (AvgIpc) is 2.88. The molecule has 3 atom stereocenters. The van der Waals surface area contributed by atoms with Crippen LogP contribution in [0.5, 0.6) is 0 Å². The van der Waals surface area contributed by atoms with Crippen LogP contribution in [-0.4, -0.2) is 37.2 Å². The Kier molecular flexibility index (Phi) is 6.20. The minimum Gasteiger partial charge on any atom is -0.377 e. The van der Waals surface area contributed by atoms with Crippen molar-refractivity contribution in [2.24, 2.45) is 0 Å². The summed E-state index contributed by atoms with van der Waals surface area (Å²) < 4.78 is 16.7. The van der Waals surface area contributed by atoms with Crippen LogP contribution in [0, 0.1) is 0 Å². The summed E-state index contributed by atoms with van der Waals surface area (Å²) in [5.41, 5.74) is 0.947. The van der Waals surface area contributed by atoms with E-state index in [-0.39, 0.29) is 17.8 Å². The van der Waals surface area contributed by atoms with Crippen molar-refractivity contribution in [1.29, 1.82) is 0 Å². The van der Waals surface area contributed by atoms with Crippen LogP contribution in [0.2, 0.25) is 5.02 Å². The molecule has 1 aliphatic rings. The van der Waals surface area contributed by atoms with E-state index in [4.69, 9.17) is 49.0 Å². The van der Waals surface area contributed by atoms with Gasteiger partial charge in [0.25, 0.3) is 0 Å². The second kappa shape index (κ2) is 7.67. The zero-order chi connectivity index (χ0) is 13.7. The highest BCUT2D eigenvalue weighted by Gasteiger charge is 2.27. The molecule has 1 heterocycles. The van der Waals surface area contributed by atoms with Crippen LogP contribution in [0.25, 0.3) is 0 Å². The van der Waals surface area contributed by atoms with E-state index >= 15 is 0 Å². The quantitative estimate of drug-likeness (QED) is 0.748. The highest BCUT2D eigenvalue weighted by Crippen LogP contribution is 2.27. The molecule has 1 saturated heterocycles. The first-order valence-corrected chi connectivity index (χ1v) is 7.34. The zero-order valence-corrected chi connectivity index (χ0v) is 12.5. The van der Waals surface area contributed by atoms with Gasteiger partial charge in [-0.05, 0) is 12.1 Å². The van der Waals surface area contributed by atoms with Crippen molar-refractivity contribution in [3.8, 4) is 0 Å². The molecule has 3 unspecified atom stereocenters. The van der Waals surface area contributed by atoms with Crippen LogP contribution in [0.1, 0.15) is 11.9 Å². The fourth-order valence-corrected chi connectivity index (χ4v) is 2.01. The first kappa shape index (κ1) is 15.4. The van der Waals surface area contributed by atoms with E-state index in [1.807, 2.05) is 24.3 Å². The maximum Gasteiger partial charge on any atom is 0.184 e. The Morgan fingerprint density at radius 1 is 1.32 bits per heavy atom. The minimum absolute atomic E-state index is 0.0835. The summed E-state index contributed by atoms with van der Waals surface area (Å²) in [6.45, 7) is 1.36. The van der Waals surface area contributed by atoms with Crippen LogP contribution < -0.4 is 0 Å². The van der Waals surface area contributed by atoms with Crippen LogP contribution in [0.3, 0.4) is 0 Å². The van der Waals surface area contributed by atoms with E-state index < -0.39 is 0 Å². The number of alkyl halides is 2. The summed E-state index contributed by atoms with van der Waals surface area (Å²) >= 11 is 17.3. The summed E-state index contributed by atoms with van der Waals surface area (Å²) in [6, 6.07) is 7.40. The zero-order valence-electron chi connectivity index (χ0n) is 10.2. The summed E-state index contributed by atoms with van der Waals surface area (Å²) in [4.78, 5) is 0. The highest BCUT2D eigenvalue weighted by atomic mass is 35.5. The van der Waals surface area contributed by atoms with Gasteiger partial charge < -0.3 is 14.2 Å². The molecule has 0 saturated carbocycles. The Hall–Kier alpha value is -0.0300. The van der Waals surface area contributed by atoms with Gasteiger partial charge in [-0.1, -0.05) is 23.7 Å². The van der Waals surface area contributed by atoms with E-state index in [0.29, 0.717) is 30.7 Å². The van der Waals surface area contributed by atoms with Gasteiger partial charge in [-0.25, -0.2) is 0 Å². The van der Waals surface area contributed by atoms with Gasteiger partial charge in [0.05, 0.1) is 25.2 Å². The van der Waals surface area contributed by atoms with Crippen LogP contribution in [0.15, 0.2) is 24.3 Å². The predicted octanol–water partition coefficient (Wildman–Crippen LogP) is 3.62. The van der Waals surface area contributed by atoms with E-state index in [9.17, 15) is 0 Å². The molecule has 0 aliphatic carbocycles. The van der Waals surface area contributed by atoms with Crippen LogP contribution in [0.4, 0.5) is 0 Å². The molecule has 0 spiro atoms. The summed E-state index contributed by atoms with van der Waals surface area (Å²) in [5, 5.41) is 0.520. The molecular formula is C13H15Cl3O3. The van der Waals surface area contributed by atoms with Gasteiger partial charge >= 0.3 is 0 Å². The molecule has 1 fully saturated rings. The Labute approximate surface area is 127 Å². The third-order valence-corrected chi connectivity index (χ3v) is 3.72. The predicted molar refractivity (Wildman–Crippen MR) is 76.2 cm³/mol. The molecule has 1 aromatic carbocycles. The molecule has 1 aromatic rings. The Bertz CT molecular complexity index is 385. The average molecular weight is 326 g/mol. The normalized spacial score (nSPS) is 24.6. The van der Waals surface area contributed by atoms with Crippen molar-refractivity contribution in [2.75, 3.05) is 25.7 Å². The molecule has 1 aliphatic heterocycles. The van der Waals surface area contributed by atoms with E-state index in [1.165, 1.54) is 0 Å². The maximum atomic E-state index is 5.85. The van der Waals surface area contributed by atoms with Gasteiger partial charge in [-0.3, -0.25) is 0 Å². The molecule has 0 radical (unpaired) electrons. The Balaban J connectivity index is 1.75. The van der Waals surface area contributed by atoms with Gasteiger partial charge in [0.2, 0.25) is 0 Å². The van der Waals surface area contributed by atoms with Crippen molar-refractivity contribution in [3.63, 3.8) is 0 Å². The lowest BCUT2D eigenvalue weighted by Gasteiger charge is -2.13. The van der Waals surface area contributed by atoms with Gasteiger partial charge in [0.1, 0.15) is 6.10 Å². The number of halogens is 3. The first-order chi connectivity index (χ1) is 9.19. The topological polar surface area (TPSA) is 27.7 Å². The number of hydrogen-bond donors (Lipinski definition) is 0. The van der Waals surface area contributed by atoms with Gasteiger partial charge in [-0.15, -0.1) is 23.2 Å². The molecule has 0 N–H and O–H groups in total. The van der Waals surface area contributed by atoms with Gasteiger partial charge in [0, 0.05) is 16.5 Å². The van der Waals surface area contributed by atoms with Crippen LogP contribution >= 0.6 is 34.8 Å². The smallest absolute Gasteiger partial charge is 0.184 e. The number of rotatable bonds is 6. The lowest BCUT2D eigenvalue weighted by molar-refractivity contribution is -0.0735. The van der Waals surface area contributed by atoms with Crippen molar-refractivity contribution in [2.45, 2.75) is 17.8 Å². The number of hydrogen-bond acceptors (Lipinski definition) is 3. The first-order valence-electron chi connectivity index (χ1n) is 5.99.